The number of thioether (sulfide) groups is 1. The highest BCUT2D eigenvalue weighted by atomic mass is 35.5. The van der Waals surface area contributed by atoms with Gasteiger partial charge in [0.2, 0.25) is 0 Å². The Bertz CT molecular complexity index is 356. The zero-order valence-corrected chi connectivity index (χ0v) is 9.38. The molecule has 0 aliphatic carbocycles. The van der Waals surface area contributed by atoms with Gasteiger partial charge in [-0.25, -0.2) is 4.39 Å². The van der Waals surface area contributed by atoms with Crippen molar-refractivity contribution in [1.29, 1.82) is 0 Å². The number of benzene rings is 1. The molecule has 0 bridgehead atoms. The molecule has 0 saturated carbocycles. The molecule has 4 heteroatoms. The lowest BCUT2D eigenvalue weighted by Gasteiger charge is -2.26. The van der Waals surface area contributed by atoms with Crippen molar-refractivity contribution < 1.29 is 4.39 Å². The quantitative estimate of drug-likeness (QED) is 0.798. The Morgan fingerprint density at radius 3 is 3.07 bits per heavy atom. The Morgan fingerprint density at radius 1 is 1.57 bits per heavy atom. The fourth-order valence-corrected chi connectivity index (χ4v) is 3.22. The van der Waals surface area contributed by atoms with Crippen LogP contribution in [0.2, 0.25) is 5.02 Å². The lowest BCUT2D eigenvalue weighted by molar-refractivity contribution is 0.593. The molecule has 1 atom stereocenters. The molecule has 1 aromatic rings. The molecule has 2 rings (SSSR count). The van der Waals surface area contributed by atoms with Gasteiger partial charge < -0.3 is 5.32 Å². The predicted octanol–water partition coefficient (Wildman–Crippen LogP) is 2.99. The Balaban J connectivity index is 2.55. The number of halogens is 2. The van der Waals surface area contributed by atoms with Crippen molar-refractivity contribution in [1.82, 2.24) is 5.32 Å². The third-order valence-corrected chi connectivity index (χ3v) is 3.87. The van der Waals surface area contributed by atoms with Gasteiger partial charge in [0.1, 0.15) is 5.82 Å². The second-order valence-corrected chi connectivity index (χ2v) is 4.72. The van der Waals surface area contributed by atoms with Crippen molar-refractivity contribution in [2.75, 3.05) is 12.8 Å². The highest BCUT2D eigenvalue weighted by Crippen LogP contribution is 2.37. The van der Waals surface area contributed by atoms with E-state index in [1.165, 1.54) is 6.07 Å². The molecular weight excluding hydrogens is 221 g/mol. The van der Waals surface area contributed by atoms with Gasteiger partial charge in [0.25, 0.3) is 0 Å². The number of hydrogen-bond acceptors (Lipinski definition) is 2. The van der Waals surface area contributed by atoms with Crippen LogP contribution in [0.15, 0.2) is 12.1 Å². The van der Waals surface area contributed by atoms with E-state index in [4.69, 9.17) is 11.6 Å². The summed E-state index contributed by atoms with van der Waals surface area (Å²) in [6, 6.07) is 3.25. The molecule has 1 aliphatic heterocycles. The van der Waals surface area contributed by atoms with E-state index in [2.05, 4.69) is 5.32 Å². The molecule has 0 fully saturated rings. The summed E-state index contributed by atoms with van der Waals surface area (Å²) in [5.74, 6) is 1.53. The van der Waals surface area contributed by atoms with Crippen molar-refractivity contribution in [3.63, 3.8) is 0 Å². The van der Waals surface area contributed by atoms with E-state index in [9.17, 15) is 4.39 Å². The summed E-state index contributed by atoms with van der Waals surface area (Å²) in [6.45, 7) is 0. The molecule has 1 aliphatic rings. The van der Waals surface area contributed by atoms with Crippen LogP contribution < -0.4 is 5.32 Å². The van der Waals surface area contributed by atoms with Crippen molar-refractivity contribution in [2.24, 2.45) is 0 Å². The molecule has 1 heterocycles. The maximum absolute atomic E-state index is 13.5. The average Bonchev–Trinajstić information content (AvgIpc) is 2.23. The minimum atomic E-state index is -0.142. The normalized spacial score (nSPS) is 20.6. The molecule has 1 nitrogen and oxygen atoms in total. The molecule has 1 aromatic carbocycles. The number of fused-ring (bicyclic) bond motifs is 1. The van der Waals surface area contributed by atoms with E-state index in [1.807, 2.05) is 7.05 Å². The van der Waals surface area contributed by atoms with E-state index in [0.29, 0.717) is 5.02 Å². The largest absolute Gasteiger partial charge is 0.312 e. The van der Waals surface area contributed by atoms with Gasteiger partial charge in [-0.1, -0.05) is 11.6 Å². The maximum Gasteiger partial charge on any atom is 0.127 e. The van der Waals surface area contributed by atoms with E-state index in [-0.39, 0.29) is 11.9 Å². The van der Waals surface area contributed by atoms with Gasteiger partial charge in [-0.05, 0) is 24.7 Å². The topological polar surface area (TPSA) is 12.0 Å². The summed E-state index contributed by atoms with van der Waals surface area (Å²) in [6.07, 6.45) is 0. The molecule has 0 spiro atoms. The number of nitrogens with one attached hydrogen (secondary N) is 1. The van der Waals surface area contributed by atoms with E-state index < -0.39 is 0 Å². The highest BCUT2D eigenvalue weighted by Gasteiger charge is 2.24. The van der Waals surface area contributed by atoms with Crippen molar-refractivity contribution in [3.05, 3.63) is 34.1 Å². The first-order chi connectivity index (χ1) is 6.74. The summed E-state index contributed by atoms with van der Waals surface area (Å²) in [5, 5.41) is 3.82. The van der Waals surface area contributed by atoms with Gasteiger partial charge in [0.15, 0.2) is 0 Å². The fourth-order valence-electron chi connectivity index (χ4n) is 1.72. The average molecular weight is 232 g/mol. The Morgan fingerprint density at radius 2 is 2.36 bits per heavy atom. The monoisotopic (exact) mass is 231 g/mol. The molecule has 76 valence electrons. The van der Waals surface area contributed by atoms with Crippen LogP contribution in [-0.2, 0) is 5.75 Å². The van der Waals surface area contributed by atoms with Gasteiger partial charge in [0.05, 0.1) is 0 Å². The van der Waals surface area contributed by atoms with E-state index >= 15 is 0 Å². The molecule has 0 radical (unpaired) electrons. The van der Waals surface area contributed by atoms with Gasteiger partial charge in [-0.15, -0.1) is 0 Å². The summed E-state index contributed by atoms with van der Waals surface area (Å²) in [4.78, 5) is 0. The molecule has 1 unspecified atom stereocenters. The molecule has 1 N–H and O–H groups in total. The minimum Gasteiger partial charge on any atom is -0.312 e. The zero-order chi connectivity index (χ0) is 10.1. The van der Waals surface area contributed by atoms with Crippen LogP contribution in [0, 0.1) is 5.82 Å². The van der Waals surface area contributed by atoms with Crippen LogP contribution in [0.4, 0.5) is 4.39 Å². The first-order valence-electron chi connectivity index (χ1n) is 4.46. The SMILES string of the molecule is CNC1CSCc2c(F)ccc(Cl)c21. The van der Waals surface area contributed by atoms with Gasteiger partial charge in [-0.2, -0.15) is 11.8 Å². The highest BCUT2D eigenvalue weighted by molar-refractivity contribution is 7.98. The molecule has 0 amide bonds. The first kappa shape index (κ1) is 10.3. The van der Waals surface area contributed by atoms with Crippen LogP contribution in [0.1, 0.15) is 17.2 Å². The van der Waals surface area contributed by atoms with Gasteiger partial charge in [-0.3, -0.25) is 0 Å². The molecular formula is C10H11ClFNS. The molecule has 0 aromatic heterocycles. The van der Waals surface area contributed by atoms with Crippen LogP contribution in [0.3, 0.4) is 0 Å². The summed E-state index contributed by atoms with van der Waals surface area (Å²) in [5.41, 5.74) is 1.70. The zero-order valence-electron chi connectivity index (χ0n) is 7.81. The third kappa shape index (κ3) is 1.64. The number of hydrogen-bond donors (Lipinski definition) is 1. The standard InChI is InChI=1S/C10H11ClFNS/c1-13-9-5-14-4-6-8(12)3-2-7(11)10(6)9/h2-3,9,13H,4-5H2,1H3. The predicted molar refractivity (Wildman–Crippen MR) is 59.4 cm³/mol. The maximum atomic E-state index is 13.5. The minimum absolute atomic E-state index is 0.142. The van der Waals surface area contributed by atoms with Crippen LogP contribution in [-0.4, -0.2) is 12.8 Å². The Kier molecular flexibility index (Phi) is 3.00. The fraction of sp³-hybridized carbons (Fsp3) is 0.400. The van der Waals surface area contributed by atoms with Crippen LogP contribution in [0.25, 0.3) is 0 Å². The lowest BCUT2D eigenvalue weighted by Crippen LogP contribution is -2.24. The number of rotatable bonds is 1. The van der Waals surface area contributed by atoms with Crippen LogP contribution >= 0.6 is 23.4 Å². The summed E-state index contributed by atoms with van der Waals surface area (Å²) < 4.78 is 13.5. The van der Waals surface area contributed by atoms with Gasteiger partial charge in [0, 0.05) is 28.1 Å². The lowest BCUT2D eigenvalue weighted by atomic mass is 10.0. The second kappa shape index (κ2) is 4.09. The molecule has 0 saturated heterocycles. The van der Waals surface area contributed by atoms with Crippen molar-refractivity contribution in [2.45, 2.75) is 11.8 Å². The third-order valence-electron chi connectivity index (χ3n) is 2.47. The first-order valence-corrected chi connectivity index (χ1v) is 5.99. The Hall–Kier alpha value is -0.250. The molecule has 14 heavy (non-hydrogen) atoms. The smallest absolute Gasteiger partial charge is 0.127 e. The summed E-state index contributed by atoms with van der Waals surface area (Å²) in [7, 11) is 1.88. The van der Waals surface area contributed by atoms with E-state index in [0.717, 1.165) is 22.6 Å². The van der Waals surface area contributed by atoms with Crippen molar-refractivity contribution in [3.8, 4) is 0 Å². The van der Waals surface area contributed by atoms with Gasteiger partial charge >= 0.3 is 0 Å². The van der Waals surface area contributed by atoms with E-state index in [1.54, 1.807) is 17.8 Å². The summed E-state index contributed by atoms with van der Waals surface area (Å²) >= 11 is 7.80. The van der Waals surface area contributed by atoms with Crippen molar-refractivity contribution >= 4 is 23.4 Å². The second-order valence-electron chi connectivity index (χ2n) is 3.28. The van der Waals surface area contributed by atoms with Crippen LogP contribution in [0.5, 0.6) is 0 Å². The Labute approximate surface area is 92.0 Å².